The van der Waals surface area contributed by atoms with Gasteiger partial charge >= 0.3 is 5.69 Å². The normalized spacial score (nSPS) is 11.3. The number of benzene rings is 3. The topological polar surface area (TPSA) is 49.0 Å². The summed E-state index contributed by atoms with van der Waals surface area (Å²) in [4.78, 5) is 17.7. The van der Waals surface area contributed by atoms with Crippen molar-refractivity contribution in [3.8, 4) is 11.6 Å². The molecule has 0 fully saturated rings. The molecule has 0 saturated carbocycles. The number of aryl methyl sites for hydroxylation is 1. The Morgan fingerprint density at radius 3 is 2.18 bits per heavy atom. The van der Waals surface area contributed by atoms with Gasteiger partial charge in [-0.25, -0.2) is 14.2 Å². The van der Waals surface area contributed by atoms with Crippen LogP contribution in [-0.4, -0.2) is 14.1 Å². The molecule has 0 atom stereocenters. The highest BCUT2D eigenvalue weighted by atomic mass is 79.9. The minimum atomic E-state index is -0.439. The van der Waals surface area contributed by atoms with Crippen LogP contribution >= 0.6 is 15.9 Å². The second-order valence-corrected chi connectivity index (χ2v) is 8.35. The van der Waals surface area contributed by atoms with E-state index in [2.05, 4.69) is 20.9 Å². The number of hydrogen-bond acceptors (Lipinski definition) is 3. The van der Waals surface area contributed by atoms with Gasteiger partial charge in [0.1, 0.15) is 11.5 Å². The molecule has 5 rings (SSSR count). The van der Waals surface area contributed by atoms with Crippen LogP contribution < -0.4 is 10.4 Å². The quantitative estimate of drug-likeness (QED) is 0.304. The van der Waals surface area contributed by atoms with Gasteiger partial charge in [0, 0.05) is 13.2 Å². The van der Waals surface area contributed by atoms with Crippen LogP contribution in [-0.2, 0) is 7.05 Å². The molecule has 3 aromatic carbocycles. The lowest BCUT2D eigenvalue weighted by molar-refractivity contribution is 0.236. The van der Waals surface area contributed by atoms with Crippen molar-refractivity contribution in [2.75, 3.05) is 0 Å². The largest absolute Gasteiger partial charge is 0.463 e. The van der Waals surface area contributed by atoms with Gasteiger partial charge in [-0.1, -0.05) is 60.7 Å². The zero-order chi connectivity index (χ0) is 22.9. The van der Waals surface area contributed by atoms with Gasteiger partial charge in [-0.3, -0.25) is 9.13 Å². The molecule has 164 valence electrons. The molecule has 0 spiro atoms. The molecule has 0 aliphatic carbocycles. The van der Waals surface area contributed by atoms with Gasteiger partial charge in [-0.05, 0) is 51.3 Å². The predicted octanol–water partition coefficient (Wildman–Crippen LogP) is 5.79. The number of halogens is 2. The maximum Gasteiger partial charge on any atom is 0.333 e. The Hall–Kier alpha value is -3.71. The summed E-state index contributed by atoms with van der Waals surface area (Å²) in [6, 6.07) is 26.1. The number of rotatable bonds is 5. The smallest absolute Gasteiger partial charge is 0.333 e. The van der Waals surface area contributed by atoms with E-state index in [9.17, 15) is 9.18 Å². The predicted molar refractivity (Wildman–Crippen MR) is 129 cm³/mol. The number of pyridine rings is 1. The first-order chi connectivity index (χ1) is 16.1. The van der Waals surface area contributed by atoms with E-state index < -0.39 is 11.9 Å². The molecule has 0 aliphatic rings. The summed E-state index contributed by atoms with van der Waals surface area (Å²) in [5.74, 6) is -0.142. The van der Waals surface area contributed by atoms with Crippen molar-refractivity contribution in [2.24, 2.45) is 7.05 Å². The van der Waals surface area contributed by atoms with E-state index in [4.69, 9.17) is 4.74 Å². The van der Waals surface area contributed by atoms with Crippen molar-refractivity contribution < 1.29 is 9.13 Å². The molecule has 2 aromatic heterocycles. The molecule has 33 heavy (non-hydrogen) atoms. The van der Waals surface area contributed by atoms with E-state index in [0.29, 0.717) is 22.6 Å². The molecule has 0 aliphatic heterocycles. The molecule has 0 saturated heterocycles. The maximum atomic E-state index is 14.2. The monoisotopic (exact) mass is 503 g/mol. The Balaban J connectivity index is 1.69. The molecule has 0 unspecified atom stereocenters. The molecule has 0 amide bonds. The third kappa shape index (κ3) is 3.74. The molecule has 5 nitrogen and oxygen atoms in total. The van der Waals surface area contributed by atoms with Crippen LogP contribution in [0.15, 0.2) is 100 Å². The van der Waals surface area contributed by atoms with Gasteiger partial charge < -0.3 is 4.74 Å². The van der Waals surface area contributed by atoms with Gasteiger partial charge in [0.2, 0.25) is 5.88 Å². The van der Waals surface area contributed by atoms with Crippen LogP contribution in [0.4, 0.5) is 4.39 Å². The van der Waals surface area contributed by atoms with Gasteiger partial charge in [0.15, 0.2) is 6.10 Å². The molecule has 2 heterocycles. The minimum Gasteiger partial charge on any atom is -0.463 e. The number of nitrogens with zero attached hydrogens (tertiary/aromatic N) is 3. The Labute approximate surface area is 197 Å². The average Bonchev–Trinajstić information content (AvgIpc) is 3.11. The van der Waals surface area contributed by atoms with Crippen molar-refractivity contribution in [2.45, 2.75) is 6.10 Å². The average molecular weight is 504 g/mol. The zero-order valence-electron chi connectivity index (χ0n) is 17.7. The Morgan fingerprint density at radius 2 is 1.55 bits per heavy atom. The first-order valence-corrected chi connectivity index (χ1v) is 11.1. The molecule has 5 aromatic rings. The van der Waals surface area contributed by atoms with Crippen molar-refractivity contribution in [1.29, 1.82) is 0 Å². The number of fused-ring (bicyclic) bond motifs is 1. The maximum absolute atomic E-state index is 14.2. The second-order valence-electron chi connectivity index (χ2n) is 7.55. The lowest BCUT2D eigenvalue weighted by Gasteiger charge is -2.21. The van der Waals surface area contributed by atoms with Crippen molar-refractivity contribution in [1.82, 2.24) is 14.1 Å². The molecule has 0 radical (unpaired) electrons. The van der Waals surface area contributed by atoms with E-state index in [-0.39, 0.29) is 10.2 Å². The van der Waals surface area contributed by atoms with E-state index in [0.717, 1.165) is 11.1 Å². The summed E-state index contributed by atoms with van der Waals surface area (Å²) in [6.45, 7) is 0. The lowest BCUT2D eigenvalue weighted by atomic mass is 10.0. The van der Waals surface area contributed by atoms with Gasteiger partial charge in [-0.15, -0.1) is 0 Å². The zero-order valence-corrected chi connectivity index (χ0v) is 19.2. The van der Waals surface area contributed by atoms with E-state index in [1.54, 1.807) is 31.4 Å². The van der Waals surface area contributed by atoms with Crippen molar-refractivity contribution >= 4 is 27.0 Å². The van der Waals surface area contributed by atoms with Gasteiger partial charge in [-0.2, -0.15) is 0 Å². The Morgan fingerprint density at radius 1 is 0.909 bits per heavy atom. The Bertz CT molecular complexity index is 1460. The SMILES string of the molecule is Cn1c(=O)n(-c2cccnc2OC(c2ccccc2)c2ccccc2)c2ccc(F)c(Br)c21. The fourth-order valence-electron chi connectivity index (χ4n) is 3.95. The van der Waals surface area contributed by atoms with Crippen LogP contribution in [0.5, 0.6) is 5.88 Å². The number of imidazole rings is 1. The lowest BCUT2D eigenvalue weighted by Crippen LogP contribution is -2.22. The van der Waals surface area contributed by atoms with Crippen LogP contribution in [0.1, 0.15) is 17.2 Å². The summed E-state index contributed by atoms with van der Waals surface area (Å²) < 4.78 is 23.8. The standard InChI is InChI=1S/C26H19BrFN3O2/c1-30-23-20(15-14-19(28)22(23)27)31(26(30)32)21-13-8-16-29-25(21)33-24(17-9-4-2-5-10-17)18-11-6-3-7-12-18/h2-16,24H,1H3. The van der Waals surface area contributed by atoms with Crippen LogP contribution in [0.25, 0.3) is 16.7 Å². The van der Waals surface area contributed by atoms with Gasteiger partial charge in [0.25, 0.3) is 0 Å². The van der Waals surface area contributed by atoms with Crippen molar-refractivity contribution in [3.63, 3.8) is 0 Å². The highest BCUT2D eigenvalue weighted by molar-refractivity contribution is 9.10. The van der Waals surface area contributed by atoms with E-state index in [1.807, 2.05) is 60.7 Å². The third-order valence-corrected chi connectivity index (χ3v) is 6.28. The number of ether oxygens (including phenoxy) is 1. The summed E-state index contributed by atoms with van der Waals surface area (Å²) in [5.41, 5.74) is 3.06. The van der Waals surface area contributed by atoms with Crippen LogP contribution in [0, 0.1) is 5.82 Å². The van der Waals surface area contributed by atoms with E-state index >= 15 is 0 Å². The molecular weight excluding hydrogens is 485 g/mol. The highest BCUT2D eigenvalue weighted by Gasteiger charge is 2.23. The summed E-state index contributed by atoms with van der Waals surface area (Å²) >= 11 is 3.28. The molecule has 0 N–H and O–H groups in total. The summed E-state index contributed by atoms with van der Waals surface area (Å²) in [7, 11) is 1.61. The molecular formula is C26H19BrFN3O2. The summed E-state index contributed by atoms with van der Waals surface area (Å²) in [6.07, 6.45) is 1.19. The van der Waals surface area contributed by atoms with Crippen LogP contribution in [0.2, 0.25) is 0 Å². The fraction of sp³-hybridized carbons (Fsp3) is 0.0769. The Kier molecular flexibility index (Phi) is 5.56. The third-order valence-electron chi connectivity index (χ3n) is 5.53. The minimum absolute atomic E-state index is 0.233. The second kappa shape index (κ2) is 8.67. The fourth-order valence-corrected chi connectivity index (χ4v) is 4.55. The van der Waals surface area contributed by atoms with Crippen molar-refractivity contribution in [3.05, 3.63) is 123 Å². The first-order valence-electron chi connectivity index (χ1n) is 10.3. The number of hydrogen-bond donors (Lipinski definition) is 0. The molecule has 7 heteroatoms. The van der Waals surface area contributed by atoms with Crippen LogP contribution in [0.3, 0.4) is 0 Å². The summed E-state index contributed by atoms with van der Waals surface area (Å²) in [5, 5.41) is 0. The van der Waals surface area contributed by atoms with E-state index in [1.165, 1.54) is 15.2 Å². The number of aromatic nitrogens is 3. The molecule has 0 bridgehead atoms. The first kappa shape index (κ1) is 21.2. The highest BCUT2D eigenvalue weighted by Crippen LogP contribution is 2.33. The van der Waals surface area contributed by atoms with Gasteiger partial charge in [0.05, 0.1) is 15.5 Å².